The Morgan fingerprint density at radius 1 is 1.08 bits per heavy atom. The molecule has 0 fully saturated rings. The van der Waals surface area contributed by atoms with Gasteiger partial charge in [-0.3, -0.25) is 9.59 Å². The van der Waals surface area contributed by atoms with E-state index in [-0.39, 0.29) is 24.0 Å². The fourth-order valence-electron chi connectivity index (χ4n) is 2.17. The summed E-state index contributed by atoms with van der Waals surface area (Å²) < 4.78 is 6.49. The summed E-state index contributed by atoms with van der Waals surface area (Å²) >= 11 is 3.42. The molecule has 2 N–H and O–H groups in total. The molecule has 0 spiro atoms. The third kappa shape index (κ3) is 6.19. The van der Waals surface area contributed by atoms with Gasteiger partial charge >= 0.3 is 0 Å². The molecule has 0 saturated heterocycles. The highest BCUT2D eigenvalue weighted by Gasteiger charge is 2.15. The van der Waals surface area contributed by atoms with Crippen LogP contribution in [-0.4, -0.2) is 24.0 Å². The third-order valence-electron chi connectivity index (χ3n) is 3.42. The zero-order chi connectivity index (χ0) is 19.3. The number of hydrogen-bond acceptors (Lipinski definition) is 3. The highest BCUT2D eigenvalue weighted by atomic mass is 79.9. The Balaban J connectivity index is 1.88. The van der Waals surface area contributed by atoms with E-state index >= 15 is 0 Å². The predicted molar refractivity (Wildman–Crippen MR) is 107 cm³/mol. The van der Waals surface area contributed by atoms with E-state index in [4.69, 9.17) is 4.74 Å². The van der Waals surface area contributed by atoms with E-state index in [1.807, 2.05) is 39.8 Å². The van der Waals surface area contributed by atoms with Gasteiger partial charge in [-0.1, -0.05) is 15.9 Å². The minimum absolute atomic E-state index is 0.0899. The summed E-state index contributed by atoms with van der Waals surface area (Å²) in [5.41, 5.74) is 1.89. The average molecular weight is 419 g/mol. The second-order valence-electron chi connectivity index (χ2n) is 7.03. The van der Waals surface area contributed by atoms with Gasteiger partial charge in [0.05, 0.1) is 0 Å². The minimum atomic E-state index is -0.299. The Morgan fingerprint density at radius 3 is 2.31 bits per heavy atom. The second-order valence-corrected chi connectivity index (χ2v) is 7.88. The van der Waals surface area contributed by atoms with Crippen molar-refractivity contribution in [2.24, 2.45) is 0 Å². The SMILES string of the molecule is Cc1cc(OCC(=O)Nc2ccc(C(=O)NC(C)(C)C)cc2)ccc1Br. The molecule has 26 heavy (non-hydrogen) atoms. The van der Waals surface area contributed by atoms with E-state index in [9.17, 15) is 9.59 Å². The highest BCUT2D eigenvalue weighted by Crippen LogP contribution is 2.21. The first-order chi connectivity index (χ1) is 12.1. The number of carbonyl (C=O) groups excluding carboxylic acids is 2. The van der Waals surface area contributed by atoms with Crippen LogP contribution >= 0.6 is 15.9 Å². The van der Waals surface area contributed by atoms with Crippen molar-refractivity contribution in [2.45, 2.75) is 33.2 Å². The van der Waals surface area contributed by atoms with Crippen LogP contribution in [0.2, 0.25) is 0 Å². The largest absolute Gasteiger partial charge is 0.484 e. The number of nitrogens with one attached hydrogen (secondary N) is 2. The van der Waals surface area contributed by atoms with Crippen LogP contribution in [0.5, 0.6) is 5.75 Å². The molecule has 0 aromatic heterocycles. The molecule has 0 atom stereocenters. The van der Waals surface area contributed by atoms with Crippen LogP contribution in [0.4, 0.5) is 5.69 Å². The molecule has 0 radical (unpaired) electrons. The van der Waals surface area contributed by atoms with Gasteiger partial charge in [-0.2, -0.15) is 0 Å². The van der Waals surface area contributed by atoms with Crippen LogP contribution in [-0.2, 0) is 4.79 Å². The van der Waals surface area contributed by atoms with Crippen molar-refractivity contribution in [1.82, 2.24) is 5.32 Å². The molecule has 0 heterocycles. The molecule has 0 bridgehead atoms. The molecule has 0 aliphatic heterocycles. The van der Waals surface area contributed by atoms with Crippen molar-refractivity contribution in [3.8, 4) is 5.75 Å². The zero-order valence-electron chi connectivity index (χ0n) is 15.4. The molecule has 0 unspecified atom stereocenters. The Kier molecular flexibility index (Phi) is 6.42. The monoisotopic (exact) mass is 418 g/mol. The number of hydrogen-bond donors (Lipinski definition) is 2. The van der Waals surface area contributed by atoms with Crippen molar-refractivity contribution in [3.05, 3.63) is 58.1 Å². The van der Waals surface area contributed by atoms with Gasteiger partial charge in [-0.15, -0.1) is 0 Å². The first-order valence-electron chi connectivity index (χ1n) is 8.25. The smallest absolute Gasteiger partial charge is 0.262 e. The summed E-state index contributed by atoms with van der Waals surface area (Å²) in [6, 6.07) is 12.3. The van der Waals surface area contributed by atoms with Crippen molar-refractivity contribution in [3.63, 3.8) is 0 Å². The van der Waals surface area contributed by atoms with E-state index in [0.717, 1.165) is 10.0 Å². The van der Waals surface area contributed by atoms with Gasteiger partial charge in [0.15, 0.2) is 6.61 Å². The summed E-state index contributed by atoms with van der Waals surface area (Å²) in [6.45, 7) is 7.63. The number of aryl methyl sites for hydroxylation is 1. The van der Waals surface area contributed by atoms with Gasteiger partial charge in [0.1, 0.15) is 5.75 Å². The lowest BCUT2D eigenvalue weighted by molar-refractivity contribution is -0.118. The van der Waals surface area contributed by atoms with Crippen LogP contribution in [0.3, 0.4) is 0 Å². The molecule has 0 aliphatic carbocycles. The fourth-order valence-corrected chi connectivity index (χ4v) is 2.42. The molecule has 2 rings (SSSR count). The Morgan fingerprint density at radius 2 is 1.73 bits per heavy atom. The standard InChI is InChI=1S/C20H23BrN2O3/c1-13-11-16(9-10-17(13)21)26-12-18(24)22-15-7-5-14(6-8-15)19(25)23-20(2,3)4/h5-11H,12H2,1-4H3,(H,22,24)(H,23,25). The lowest BCUT2D eigenvalue weighted by atomic mass is 10.1. The molecule has 5 nitrogen and oxygen atoms in total. The van der Waals surface area contributed by atoms with Crippen molar-refractivity contribution < 1.29 is 14.3 Å². The number of ether oxygens (including phenoxy) is 1. The molecule has 2 aromatic carbocycles. The molecule has 0 saturated carbocycles. The van der Waals surface area contributed by atoms with Gasteiger partial charge in [0, 0.05) is 21.3 Å². The Hall–Kier alpha value is -2.34. The second kappa shape index (κ2) is 8.36. The van der Waals surface area contributed by atoms with Gasteiger partial charge in [-0.05, 0) is 75.7 Å². The summed E-state index contributed by atoms with van der Waals surface area (Å²) in [5.74, 6) is 0.219. The number of anilines is 1. The van der Waals surface area contributed by atoms with E-state index in [2.05, 4.69) is 26.6 Å². The lowest BCUT2D eigenvalue weighted by Gasteiger charge is -2.20. The van der Waals surface area contributed by atoms with Crippen LogP contribution in [0, 0.1) is 6.92 Å². The molecular weight excluding hydrogens is 396 g/mol. The molecule has 138 valence electrons. The first-order valence-corrected chi connectivity index (χ1v) is 9.05. The Bertz CT molecular complexity index is 796. The quantitative estimate of drug-likeness (QED) is 0.760. The number of carbonyl (C=O) groups is 2. The highest BCUT2D eigenvalue weighted by molar-refractivity contribution is 9.10. The van der Waals surface area contributed by atoms with Gasteiger partial charge in [0.25, 0.3) is 11.8 Å². The maximum atomic E-state index is 12.1. The van der Waals surface area contributed by atoms with Gasteiger partial charge in [-0.25, -0.2) is 0 Å². The maximum Gasteiger partial charge on any atom is 0.262 e. The Labute approximate surface area is 162 Å². The van der Waals surface area contributed by atoms with Crippen LogP contribution in [0.15, 0.2) is 46.9 Å². The number of halogens is 1. The topological polar surface area (TPSA) is 67.4 Å². The number of benzene rings is 2. The first kappa shape index (κ1) is 20.0. The molecule has 0 aliphatic rings. The van der Waals surface area contributed by atoms with Crippen LogP contribution in [0.25, 0.3) is 0 Å². The molecule has 6 heteroatoms. The lowest BCUT2D eigenvalue weighted by Crippen LogP contribution is -2.40. The predicted octanol–water partition coefficient (Wildman–Crippen LogP) is 4.30. The fraction of sp³-hybridized carbons (Fsp3) is 0.300. The third-order valence-corrected chi connectivity index (χ3v) is 4.31. The van der Waals surface area contributed by atoms with E-state index < -0.39 is 0 Å². The summed E-state index contributed by atoms with van der Waals surface area (Å²) in [7, 11) is 0. The van der Waals surface area contributed by atoms with E-state index in [1.54, 1.807) is 30.3 Å². The number of rotatable bonds is 5. The van der Waals surface area contributed by atoms with Gasteiger partial charge in [0.2, 0.25) is 0 Å². The average Bonchev–Trinajstić information content (AvgIpc) is 2.55. The normalized spacial score (nSPS) is 11.0. The van der Waals surface area contributed by atoms with Crippen LogP contribution in [0.1, 0.15) is 36.7 Å². The van der Waals surface area contributed by atoms with Gasteiger partial charge < -0.3 is 15.4 Å². The summed E-state index contributed by atoms with van der Waals surface area (Å²) in [5, 5.41) is 5.64. The molecule has 2 amide bonds. The number of amides is 2. The minimum Gasteiger partial charge on any atom is -0.484 e. The van der Waals surface area contributed by atoms with Crippen molar-refractivity contribution >= 4 is 33.4 Å². The summed E-state index contributed by atoms with van der Waals surface area (Å²) in [6.07, 6.45) is 0. The maximum absolute atomic E-state index is 12.1. The van der Waals surface area contributed by atoms with Crippen molar-refractivity contribution in [1.29, 1.82) is 0 Å². The van der Waals surface area contributed by atoms with Crippen LogP contribution < -0.4 is 15.4 Å². The van der Waals surface area contributed by atoms with Crippen molar-refractivity contribution in [2.75, 3.05) is 11.9 Å². The summed E-state index contributed by atoms with van der Waals surface area (Å²) in [4.78, 5) is 24.1. The zero-order valence-corrected chi connectivity index (χ0v) is 16.9. The van der Waals surface area contributed by atoms with E-state index in [1.165, 1.54) is 0 Å². The van der Waals surface area contributed by atoms with E-state index in [0.29, 0.717) is 17.0 Å². The molecular formula is C20H23BrN2O3. The molecule has 2 aromatic rings.